The number of rotatable bonds is 4. The number of carbonyl (C=O) groups is 1. The summed E-state index contributed by atoms with van der Waals surface area (Å²) in [5, 5.41) is 8.32. The predicted octanol–water partition coefficient (Wildman–Crippen LogP) is 7.80. The van der Waals surface area contributed by atoms with Crippen LogP contribution >= 0.6 is 0 Å². The molecule has 0 spiro atoms. The number of carboxylic acids is 1. The molecule has 40 heavy (non-hydrogen) atoms. The van der Waals surface area contributed by atoms with Gasteiger partial charge in [0.1, 0.15) is 5.69 Å². The average Bonchev–Trinajstić information content (AvgIpc) is 3.72. The molecule has 6 nitrogen and oxygen atoms in total. The average molecular weight is 710 g/mol. The molecule has 0 amide bonds. The Morgan fingerprint density at radius 3 is 1.85 bits per heavy atom. The fraction of sp³-hybridized carbons (Fsp3) is 0.303. The van der Waals surface area contributed by atoms with Gasteiger partial charge < -0.3 is 19.9 Å². The maximum atomic E-state index is 10.1. The number of anilines is 4. The molecule has 4 aromatic rings. The van der Waals surface area contributed by atoms with Crippen LogP contribution < -0.4 is 9.80 Å². The molecule has 3 heterocycles. The molecule has 2 aromatic heterocycles. The third kappa shape index (κ3) is 5.54. The smallest absolute Gasteiger partial charge is 0.354 e. The van der Waals surface area contributed by atoms with Gasteiger partial charge in [0.15, 0.2) is 0 Å². The van der Waals surface area contributed by atoms with Crippen LogP contribution in [0.5, 0.6) is 0 Å². The van der Waals surface area contributed by atoms with E-state index in [1.165, 1.54) is 86.4 Å². The minimum Gasteiger partial charge on any atom is -0.477 e. The Balaban J connectivity index is 0.000000278. The first-order valence-corrected chi connectivity index (χ1v) is 14.0. The molecule has 0 saturated heterocycles. The van der Waals surface area contributed by atoms with Crippen LogP contribution in [0.3, 0.4) is 0 Å². The normalized spacial score (nSPS) is 16.4. The number of aromatic nitrogens is 2. The van der Waals surface area contributed by atoms with Gasteiger partial charge in [-0.2, -0.15) is 0 Å². The van der Waals surface area contributed by atoms with E-state index in [1.54, 1.807) is 12.1 Å². The van der Waals surface area contributed by atoms with Crippen molar-refractivity contribution in [1.82, 2.24) is 9.97 Å². The summed E-state index contributed by atoms with van der Waals surface area (Å²) in [7, 11) is 0. The van der Waals surface area contributed by atoms with E-state index in [4.69, 9.17) is 10.1 Å². The Kier molecular flexibility index (Phi) is 8.93. The van der Waals surface area contributed by atoms with Crippen molar-refractivity contribution in [2.45, 2.75) is 63.5 Å². The van der Waals surface area contributed by atoms with Crippen molar-refractivity contribution in [2.24, 2.45) is 0 Å². The quantitative estimate of drug-likeness (QED) is 0.218. The van der Waals surface area contributed by atoms with E-state index in [2.05, 4.69) is 69.4 Å². The predicted molar refractivity (Wildman–Crippen MR) is 155 cm³/mol. The fourth-order valence-corrected chi connectivity index (χ4v) is 6.33. The molecule has 3 aliphatic rings. The number of nitrogens with zero attached hydrogens (tertiary/aromatic N) is 4. The van der Waals surface area contributed by atoms with Crippen molar-refractivity contribution in [3.8, 4) is 11.3 Å². The molecule has 0 atom stereocenters. The second-order valence-corrected chi connectivity index (χ2v) is 10.4. The van der Waals surface area contributed by atoms with Gasteiger partial charge in [-0.1, -0.05) is 61.6 Å². The monoisotopic (exact) mass is 710 g/mol. The van der Waals surface area contributed by atoms with Gasteiger partial charge in [-0.05, 0) is 73.1 Å². The van der Waals surface area contributed by atoms with Crippen LogP contribution in [0.2, 0.25) is 0 Å². The Morgan fingerprint density at radius 2 is 1.30 bits per heavy atom. The minimum absolute atomic E-state index is 0. The van der Waals surface area contributed by atoms with Gasteiger partial charge in [0.25, 0.3) is 0 Å². The third-order valence-electron chi connectivity index (χ3n) is 8.03. The first-order valence-electron chi connectivity index (χ1n) is 14.0. The molecule has 2 fully saturated rings. The number of para-hydroxylation sites is 2. The number of carboxylic acid groups (broad SMARTS) is 1. The Labute approximate surface area is 249 Å². The second-order valence-electron chi connectivity index (χ2n) is 10.4. The van der Waals surface area contributed by atoms with E-state index in [9.17, 15) is 4.79 Å². The maximum absolute atomic E-state index is 10.1. The summed E-state index contributed by atoms with van der Waals surface area (Å²) in [6, 6.07) is 29.1. The zero-order valence-electron chi connectivity index (χ0n) is 22.4. The van der Waals surface area contributed by atoms with Crippen molar-refractivity contribution < 1.29 is 30.0 Å². The molecule has 207 valence electrons. The summed E-state index contributed by atoms with van der Waals surface area (Å²) in [4.78, 5) is 23.7. The van der Waals surface area contributed by atoms with E-state index in [-0.39, 0.29) is 25.8 Å². The van der Waals surface area contributed by atoms with Crippen LogP contribution in [-0.4, -0.2) is 33.1 Å². The van der Waals surface area contributed by atoms with Crippen molar-refractivity contribution in [1.29, 1.82) is 0 Å². The second kappa shape index (κ2) is 12.8. The topological polar surface area (TPSA) is 69.6 Å². The first kappa shape index (κ1) is 28.0. The molecule has 1 radical (unpaired) electrons. The van der Waals surface area contributed by atoms with Crippen molar-refractivity contribution in [2.75, 3.05) is 9.80 Å². The molecule has 7 heteroatoms. The Morgan fingerprint density at radius 1 is 0.725 bits per heavy atom. The summed E-state index contributed by atoms with van der Waals surface area (Å²) >= 11 is 0. The standard InChI is InChI=1S/C27H28N3.C6H5NO2.Ir/c1-2-11-20(10-1)29-24-16-5-6-17-25(24)30(21-12-3-4-13-21)27-22(14-9-18-26(27)29)23-15-7-8-19-28-23;8-6(9)5-3-1-2-4-7-5;/h5-9,15-21H,1-4,10-13H2;1-4H,(H,8,9);/q-1;;. The van der Waals surface area contributed by atoms with Gasteiger partial charge in [0.2, 0.25) is 0 Å². The van der Waals surface area contributed by atoms with Crippen LogP contribution in [0.25, 0.3) is 11.3 Å². The number of fused-ring (bicyclic) bond motifs is 2. The summed E-state index contributed by atoms with van der Waals surface area (Å²) in [5.74, 6) is -0.990. The molecular formula is C33H33IrN4O2-. The molecule has 1 aliphatic heterocycles. The van der Waals surface area contributed by atoms with Gasteiger partial charge in [0, 0.05) is 44.6 Å². The fourth-order valence-electron chi connectivity index (χ4n) is 6.33. The number of benzene rings is 2. The van der Waals surface area contributed by atoms with Crippen molar-refractivity contribution >= 4 is 28.7 Å². The maximum Gasteiger partial charge on any atom is 0.354 e. The van der Waals surface area contributed by atoms with Crippen molar-refractivity contribution in [3.05, 3.63) is 97.0 Å². The van der Waals surface area contributed by atoms with E-state index in [1.807, 2.05) is 12.3 Å². The number of aromatic carboxylic acids is 1. The molecule has 2 aliphatic carbocycles. The molecule has 7 rings (SSSR count). The zero-order chi connectivity index (χ0) is 26.6. The first-order chi connectivity index (χ1) is 19.2. The molecule has 1 N–H and O–H groups in total. The van der Waals surface area contributed by atoms with Gasteiger partial charge in [-0.15, -0.1) is 18.2 Å². The molecular weight excluding hydrogens is 677 g/mol. The molecule has 2 aromatic carbocycles. The Hall–Kier alpha value is -3.54. The minimum atomic E-state index is -0.990. The van der Waals surface area contributed by atoms with Crippen LogP contribution in [0.1, 0.15) is 61.9 Å². The zero-order valence-corrected chi connectivity index (χ0v) is 24.8. The largest absolute Gasteiger partial charge is 0.477 e. The van der Waals surface area contributed by atoms with Gasteiger partial charge in [0.05, 0.1) is 11.4 Å². The van der Waals surface area contributed by atoms with E-state index >= 15 is 0 Å². The van der Waals surface area contributed by atoms with Crippen LogP contribution in [-0.2, 0) is 20.1 Å². The van der Waals surface area contributed by atoms with Crippen LogP contribution in [0.15, 0.2) is 85.2 Å². The van der Waals surface area contributed by atoms with E-state index in [0.717, 1.165) is 11.3 Å². The SMILES string of the molecule is O=C(O)c1ccccn1.[Ir].[c-]1ccc2c(c1-c1ccccn1)N(C1CCCC1)c1ccccc1N2C1CCCC1. The van der Waals surface area contributed by atoms with E-state index in [0.29, 0.717) is 12.1 Å². The number of hydrogen-bond acceptors (Lipinski definition) is 5. The summed E-state index contributed by atoms with van der Waals surface area (Å²) in [5.41, 5.74) is 7.63. The number of hydrogen-bond donors (Lipinski definition) is 1. The number of pyridine rings is 2. The Bertz CT molecular complexity index is 1420. The molecule has 0 bridgehead atoms. The van der Waals surface area contributed by atoms with Crippen molar-refractivity contribution in [3.63, 3.8) is 0 Å². The van der Waals surface area contributed by atoms with E-state index < -0.39 is 5.97 Å². The summed E-state index contributed by atoms with van der Waals surface area (Å²) < 4.78 is 0. The van der Waals surface area contributed by atoms with Crippen LogP contribution in [0.4, 0.5) is 22.7 Å². The third-order valence-corrected chi connectivity index (χ3v) is 8.03. The summed E-state index contributed by atoms with van der Waals surface area (Å²) in [6.07, 6.45) is 13.7. The van der Waals surface area contributed by atoms with Gasteiger partial charge in [-0.3, -0.25) is 0 Å². The molecule has 2 saturated carbocycles. The summed E-state index contributed by atoms with van der Waals surface area (Å²) in [6.45, 7) is 0. The van der Waals surface area contributed by atoms with Gasteiger partial charge in [-0.25, -0.2) is 9.78 Å². The van der Waals surface area contributed by atoms with Crippen LogP contribution in [0, 0.1) is 6.07 Å². The van der Waals surface area contributed by atoms with Gasteiger partial charge >= 0.3 is 5.97 Å². The molecule has 0 unspecified atom stereocenters.